The molecule has 2 aromatic carbocycles. The predicted octanol–water partition coefficient (Wildman–Crippen LogP) is 5.19. The van der Waals surface area contributed by atoms with Crippen molar-refractivity contribution in [2.45, 2.75) is 6.92 Å². The number of halogens is 2. The topological polar surface area (TPSA) is 63.2 Å². The molecular weight excluding hydrogens is 369 g/mol. The molecule has 0 saturated carbocycles. The number of hydrogen-bond donors (Lipinski definition) is 2. The number of rotatable bonds is 5. The number of aryl methyl sites for hydroxylation is 1. The number of methoxy groups -OCH3 is 1. The van der Waals surface area contributed by atoms with E-state index in [4.69, 9.17) is 16.3 Å². The number of aromatic nitrogens is 1. The Morgan fingerprint density at radius 1 is 1.11 bits per heavy atom. The number of carbonyl (C=O) groups is 1. The molecule has 5 nitrogen and oxygen atoms in total. The average molecular weight is 386 g/mol. The van der Waals surface area contributed by atoms with Gasteiger partial charge in [0.1, 0.15) is 11.6 Å². The van der Waals surface area contributed by atoms with Crippen molar-refractivity contribution in [2.24, 2.45) is 0 Å². The van der Waals surface area contributed by atoms with E-state index >= 15 is 0 Å². The number of amides is 1. The Morgan fingerprint density at radius 2 is 1.85 bits per heavy atom. The molecule has 138 valence electrons. The summed E-state index contributed by atoms with van der Waals surface area (Å²) in [5.41, 5.74) is 2.98. The van der Waals surface area contributed by atoms with E-state index in [1.54, 1.807) is 36.5 Å². The Morgan fingerprint density at radius 3 is 2.56 bits per heavy atom. The van der Waals surface area contributed by atoms with Crippen LogP contribution in [0.2, 0.25) is 5.02 Å². The average Bonchev–Trinajstić information content (AvgIpc) is 2.66. The quantitative estimate of drug-likeness (QED) is 0.634. The fourth-order valence-electron chi connectivity index (χ4n) is 2.46. The number of carbonyl (C=O) groups excluding carboxylic acids is 1. The van der Waals surface area contributed by atoms with Gasteiger partial charge in [-0.3, -0.25) is 9.78 Å². The molecule has 0 aliphatic carbocycles. The zero-order valence-electron chi connectivity index (χ0n) is 14.7. The largest absolute Gasteiger partial charge is 0.495 e. The fraction of sp³-hybridized carbons (Fsp3) is 0.100. The van der Waals surface area contributed by atoms with Crippen LogP contribution in [-0.4, -0.2) is 18.0 Å². The third kappa shape index (κ3) is 4.54. The molecular formula is C20H17ClFN3O2. The van der Waals surface area contributed by atoms with E-state index in [0.29, 0.717) is 33.4 Å². The SMILES string of the molecule is COc1cc(Cl)c(C)cc1NC(=O)c1cncc(Nc2ccc(F)cc2)c1. The van der Waals surface area contributed by atoms with Gasteiger partial charge in [-0.1, -0.05) is 11.6 Å². The van der Waals surface area contributed by atoms with Crippen LogP contribution in [0.3, 0.4) is 0 Å². The van der Waals surface area contributed by atoms with Gasteiger partial charge in [-0.15, -0.1) is 0 Å². The van der Waals surface area contributed by atoms with Crippen LogP contribution in [0.1, 0.15) is 15.9 Å². The van der Waals surface area contributed by atoms with Crippen molar-refractivity contribution in [3.63, 3.8) is 0 Å². The molecule has 1 heterocycles. The van der Waals surface area contributed by atoms with Crippen LogP contribution in [-0.2, 0) is 0 Å². The van der Waals surface area contributed by atoms with Gasteiger partial charge in [0.05, 0.1) is 30.2 Å². The lowest BCUT2D eigenvalue weighted by atomic mass is 10.2. The van der Waals surface area contributed by atoms with Crippen molar-refractivity contribution < 1.29 is 13.9 Å². The lowest BCUT2D eigenvalue weighted by Crippen LogP contribution is -2.13. The van der Waals surface area contributed by atoms with Crippen molar-refractivity contribution in [3.05, 3.63) is 76.8 Å². The minimum absolute atomic E-state index is 0.320. The summed E-state index contributed by atoms with van der Waals surface area (Å²) in [6.07, 6.45) is 3.04. The third-order valence-corrected chi connectivity index (χ3v) is 4.27. The van der Waals surface area contributed by atoms with E-state index in [1.807, 2.05) is 6.92 Å². The second kappa shape index (κ2) is 8.05. The minimum atomic E-state index is -0.342. The predicted molar refractivity (Wildman–Crippen MR) is 105 cm³/mol. The number of anilines is 3. The van der Waals surface area contributed by atoms with E-state index in [9.17, 15) is 9.18 Å². The third-order valence-electron chi connectivity index (χ3n) is 3.86. The Hall–Kier alpha value is -3.12. The molecule has 0 aliphatic rings. The smallest absolute Gasteiger partial charge is 0.257 e. The molecule has 0 saturated heterocycles. The first-order valence-corrected chi connectivity index (χ1v) is 8.47. The standard InChI is InChI=1S/C20H17ClFN3O2/c1-12-7-18(19(27-2)9-17(12)21)25-20(26)13-8-16(11-23-10-13)24-15-5-3-14(22)4-6-15/h3-11,24H,1-2H3,(H,25,26). The molecule has 3 aromatic rings. The Labute approximate surface area is 161 Å². The van der Waals surface area contributed by atoms with Gasteiger partial charge in [0.15, 0.2) is 0 Å². The second-order valence-electron chi connectivity index (χ2n) is 5.85. The highest BCUT2D eigenvalue weighted by Gasteiger charge is 2.13. The maximum absolute atomic E-state index is 13.0. The Bertz CT molecular complexity index is 977. The van der Waals surface area contributed by atoms with E-state index < -0.39 is 0 Å². The molecule has 0 atom stereocenters. The van der Waals surface area contributed by atoms with Gasteiger partial charge in [-0.05, 0) is 48.9 Å². The van der Waals surface area contributed by atoms with E-state index in [0.717, 1.165) is 5.56 Å². The van der Waals surface area contributed by atoms with Gasteiger partial charge in [0, 0.05) is 23.0 Å². The van der Waals surface area contributed by atoms with Crippen molar-refractivity contribution in [1.82, 2.24) is 4.98 Å². The number of ether oxygens (including phenoxy) is 1. The number of pyridine rings is 1. The summed E-state index contributed by atoms with van der Waals surface area (Å²) in [5, 5.41) is 6.44. The summed E-state index contributed by atoms with van der Waals surface area (Å²) in [6.45, 7) is 1.84. The molecule has 27 heavy (non-hydrogen) atoms. The Balaban J connectivity index is 1.79. The molecule has 2 N–H and O–H groups in total. The summed E-state index contributed by atoms with van der Waals surface area (Å²) >= 11 is 6.09. The summed E-state index contributed by atoms with van der Waals surface area (Å²) in [5.74, 6) is -0.197. The van der Waals surface area contributed by atoms with E-state index in [1.165, 1.54) is 25.4 Å². The van der Waals surface area contributed by atoms with Gasteiger partial charge >= 0.3 is 0 Å². The van der Waals surface area contributed by atoms with Crippen molar-refractivity contribution in [2.75, 3.05) is 17.7 Å². The minimum Gasteiger partial charge on any atom is -0.495 e. The summed E-state index contributed by atoms with van der Waals surface area (Å²) < 4.78 is 18.3. The molecule has 0 spiro atoms. The summed E-state index contributed by atoms with van der Waals surface area (Å²) in [6, 6.07) is 10.9. The van der Waals surface area contributed by atoms with Gasteiger partial charge < -0.3 is 15.4 Å². The first-order chi connectivity index (χ1) is 13.0. The molecule has 3 rings (SSSR count). The van der Waals surface area contributed by atoms with Gasteiger partial charge in [0.25, 0.3) is 5.91 Å². The maximum atomic E-state index is 13.0. The monoisotopic (exact) mass is 385 g/mol. The normalized spacial score (nSPS) is 10.4. The van der Waals surface area contributed by atoms with Crippen molar-refractivity contribution in [3.8, 4) is 5.75 Å². The highest BCUT2D eigenvalue weighted by Crippen LogP contribution is 2.31. The lowest BCUT2D eigenvalue weighted by molar-refractivity contribution is 0.102. The molecule has 0 radical (unpaired) electrons. The zero-order valence-corrected chi connectivity index (χ0v) is 15.5. The molecule has 0 bridgehead atoms. The number of nitrogens with zero attached hydrogens (tertiary/aromatic N) is 1. The Kier molecular flexibility index (Phi) is 5.57. The first-order valence-electron chi connectivity index (χ1n) is 8.09. The fourth-order valence-corrected chi connectivity index (χ4v) is 2.61. The first kappa shape index (κ1) is 18.7. The van der Waals surface area contributed by atoms with Crippen molar-refractivity contribution in [1.29, 1.82) is 0 Å². The van der Waals surface area contributed by atoms with E-state index in [2.05, 4.69) is 15.6 Å². The van der Waals surface area contributed by atoms with Crippen LogP contribution in [0.15, 0.2) is 54.9 Å². The maximum Gasteiger partial charge on any atom is 0.257 e. The second-order valence-corrected chi connectivity index (χ2v) is 6.26. The van der Waals surface area contributed by atoms with Crippen LogP contribution in [0.4, 0.5) is 21.5 Å². The lowest BCUT2D eigenvalue weighted by Gasteiger charge is -2.13. The van der Waals surface area contributed by atoms with Crippen LogP contribution in [0.5, 0.6) is 5.75 Å². The molecule has 0 aliphatic heterocycles. The molecule has 1 amide bonds. The highest BCUT2D eigenvalue weighted by atomic mass is 35.5. The van der Waals surface area contributed by atoms with Gasteiger partial charge in [-0.25, -0.2) is 4.39 Å². The van der Waals surface area contributed by atoms with Gasteiger partial charge in [-0.2, -0.15) is 0 Å². The van der Waals surface area contributed by atoms with Crippen LogP contribution < -0.4 is 15.4 Å². The summed E-state index contributed by atoms with van der Waals surface area (Å²) in [7, 11) is 1.51. The van der Waals surface area contributed by atoms with E-state index in [-0.39, 0.29) is 11.7 Å². The number of hydrogen-bond acceptors (Lipinski definition) is 4. The van der Waals surface area contributed by atoms with Crippen molar-refractivity contribution >= 4 is 34.6 Å². The van der Waals surface area contributed by atoms with Crippen LogP contribution in [0, 0.1) is 12.7 Å². The van der Waals surface area contributed by atoms with Crippen LogP contribution >= 0.6 is 11.6 Å². The molecule has 0 unspecified atom stereocenters. The zero-order chi connectivity index (χ0) is 19.4. The molecule has 0 fully saturated rings. The highest BCUT2D eigenvalue weighted by molar-refractivity contribution is 6.31. The molecule has 1 aromatic heterocycles. The van der Waals surface area contributed by atoms with Crippen LogP contribution in [0.25, 0.3) is 0 Å². The molecule has 7 heteroatoms. The number of nitrogens with one attached hydrogen (secondary N) is 2. The summed E-state index contributed by atoms with van der Waals surface area (Å²) in [4.78, 5) is 16.7. The number of benzene rings is 2. The van der Waals surface area contributed by atoms with Gasteiger partial charge in [0.2, 0.25) is 0 Å².